The summed E-state index contributed by atoms with van der Waals surface area (Å²) >= 11 is 0. The molecule has 1 saturated carbocycles. The van der Waals surface area contributed by atoms with Crippen molar-refractivity contribution in [2.45, 2.75) is 43.4 Å². The highest BCUT2D eigenvalue weighted by molar-refractivity contribution is 7.90. The van der Waals surface area contributed by atoms with Crippen molar-refractivity contribution in [3.63, 3.8) is 0 Å². The van der Waals surface area contributed by atoms with Gasteiger partial charge in [0.2, 0.25) is 5.95 Å². The van der Waals surface area contributed by atoms with E-state index in [2.05, 4.69) is 9.97 Å². The minimum atomic E-state index is -4.50. The summed E-state index contributed by atoms with van der Waals surface area (Å²) in [5.41, 5.74) is 1.09. The first-order valence-electron chi connectivity index (χ1n) is 12.2. The van der Waals surface area contributed by atoms with Crippen LogP contribution in [0.15, 0.2) is 65.7 Å². The molecule has 0 radical (unpaired) electrons. The molecule has 10 nitrogen and oxygen atoms in total. The molecular weight excluding hydrogens is 494 g/mol. The molecule has 0 atom stereocenters. The first-order valence-corrected chi connectivity index (χ1v) is 13.6. The lowest BCUT2D eigenvalue weighted by Gasteiger charge is -2.20. The summed E-state index contributed by atoms with van der Waals surface area (Å²) in [4.78, 5) is 34.0. The van der Waals surface area contributed by atoms with Crippen LogP contribution in [0, 0.1) is 16.0 Å². The topological polar surface area (TPSA) is 135 Å². The number of amides is 1. The molecular formula is C26H29N5O5S. The molecule has 1 aromatic heterocycles. The van der Waals surface area contributed by atoms with Crippen LogP contribution in [-0.2, 0) is 22.9 Å². The lowest BCUT2D eigenvalue weighted by atomic mass is 9.99. The summed E-state index contributed by atoms with van der Waals surface area (Å²) in [5.74, 6) is -0.123. The van der Waals surface area contributed by atoms with Gasteiger partial charge in [0.25, 0.3) is 21.6 Å². The number of nitro benzene ring substituents is 1. The Hall–Kier alpha value is -3.86. The molecule has 11 heteroatoms. The van der Waals surface area contributed by atoms with Gasteiger partial charge in [0.1, 0.15) is 0 Å². The van der Waals surface area contributed by atoms with Crippen LogP contribution in [0.4, 0.5) is 11.6 Å². The van der Waals surface area contributed by atoms with Gasteiger partial charge in [-0.05, 0) is 30.4 Å². The average Bonchev–Trinajstić information content (AvgIpc) is 3.40. The zero-order valence-electron chi connectivity index (χ0n) is 20.5. The minimum absolute atomic E-state index is 0.0502. The summed E-state index contributed by atoms with van der Waals surface area (Å²) in [6, 6.07) is 14.9. The fourth-order valence-electron chi connectivity index (χ4n) is 4.53. The van der Waals surface area contributed by atoms with E-state index < -0.39 is 31.4 Å². The molecule has 0 bridgehead atoms. The van der Waals surface area contributed by atoms with Crippen LogP contribution in [0.25, 0.3) is 0 Å². The molecule has 0 saturated heterocycles. The monoisotopic (exact) mass is 523 g/mol. The predicted octanol–water partition coefficient (Wildman–Crippen LogP) is 3.92. The number of para-hydroxylation sites is 1. The third-order valence-corrected chi connectivity index (χ3v) is 7.93. The number of nitrogens with zero attached hydrogens (tertiary/aromatic N) is 4. The van der Waals surface area contributed by atoms with E-state index in [0.29, 0.717) is 30.5 Å². The third kappa shape index (κ3) is 6.48. The molecule has 0 unspecified atom stereocenters. The standard InChI is InChI=1S/C26H29N5O5S/c1-30(16-15-19-9-3-2-4-10-19)26-27-18-21(22(28-26)17-20-11-5-6-12-20)25(32)29-37(35,36)24-14-8-7-13-23(24)31(33)34/h2-4,7-10,13-14,18,20H,5-6,11-12,15-17H2,1H3,(H,29,32). The Bertz CT molecular complexity index is 1380. The zero-order valence-corrected chi connectivity index (χ0v) is 21.4. The van der Waals surface area contributed by atoms with Crippen LogP contribution in [0.1, 0.15) is 47.3 Å². The Morgan fingerprint density at radius 3 is 2.49 bits per heavy atom. The summed E-state index contributed by atoms with van der Waals surface area (Å²) in [5, 5.41) is 11.3. The second kappa shape index (κ2) is 11.5. The van der Waals surface area contributed by atoms with E-state index in [1.165, 1.54) is 23.9 Å². The van der Waals surface area contributed by atoms with Gasteiger partial charge in [-0.3, -0.25) is 14.9 Å². The van der Waals surface area contributed by atoms with Gasteiger partial charge in [-0.15, -0.1) is 0 Å². The van der Waals surface area contributed by atoms with Crippen molar-refractivity contribution in [3.8, 4) is 0 Å². The molecule has 0 spiro atoms. The molecule has 1 aliphatic rings. The average molecular weight is 524 g/mol. The molecule has 0 aliphatic heterocycles. The smallest absolute Gasteiger partial charge is 0.289 e. The van der Waals surface area contributed by atoms with Crippen LogP contribution < -0.4 is 9.62 Å². The first kappa shape index (κ1) is 26.2. The van der Waals surface area contributed by atoms with Crippen LogP contribution >= 0.6 is 0 Å². The van der Waals surface area contributed by atoms with E-state index in [4.69, 9.17) is 0 Å². The van der Waals surface area contributed by atoms with Crippen molar-refractivity contribution >= 4 is 27.6 Å². The Morgan fingerprint density at radius 2 is 1.78 bits per heavy atom. The number of benzene rings is 2. The number of nitrogens with one attached hydrogen (secondary N) is 1. The molecule has 1 aliphatic carbocycles. The van der Waals surface area contributed by atoms with Crippen LogP contribution in [0.5, 0.6) is 0 Å². The Morgan fingerprint density at radius 1 is 1.11 bits per heavy atom. The van der Waals surface area contributed by atoms with Gasteiger partial charge in [0, 0.05) is 25.9 Å². The maximum Gasteiger partial charge on any atom is 0.289 e. The third-order valence-electron chi connectivity index (χ3n) is 6.56. The number of carbonyl (C=O) groups is 1. The minimum Gasteiger partial charge on any atom is -0.344 e. The Kier molecular flexibility index (Phi) is 8.12. The molecule has 1 fully saturated rings. The van der Waals surface area contributed by atoms with Crippen LogP contribution in [0.3, 0.4) is 0 Å². The summed E-state index contributed by atoms with van der Waals surface area (Å²) in [6.07, 6.45) is 6.89. The van der Waals surface area contributed by atoms with Gasteiger partial charge in [0.05, 0.1) is 16.2 Å². The van der Waals surface area contributed by atoms with Gasteiger partial charge in [-0.25, -0.2) is 23.1 Å². The maximum atomic E-state index is 13.1. The Balaban J connectivity index is 1.58. The van der Waals surface area contributed by atoms with Gasteiger partial charge < -0.3 is 4.90 Å². The van der Waals surface area contributed by atoms with Crippen molar-refractivity contribution in [3.05, 3.63) is 87.7 Å². The van der Waals surface area contributed by atoms with Crippen molar-refractivity contribution in [1.29, 1.82) is 0 Å². The van der Waals surface area contributed by atoms with Crippen LogP contribution in [0.2, 0.25) is 0 Å². The highest BCUT2D eigenvalue weighted by Gasteiger charge is 2.29. The van der Waals surface area contributed by atoms with Gasteiger partial charge in [0.15, 0.2) is 4.90 Å². The molecule has 1 N–H and O–H groups in total. The number of rotatable bonds is 10. The number of anilines is 1. The summed E-state index contributed by atoms with van der Waals surface area (Å²) in [7, 11) is -2.63. The van der Waals surface area contributed by atoms with Crippen molar-refractivity contribution in [2.75, 3.05) is 18.5 Å². The Labute approximate surface area is 216 Å². The van der Waals surface area contributed by atoms with E-state index >= 15 is 0 Å². The number of nitro groups is 1. The normalized spacial score (nSPS) is 13.9. The largest absolute Gasteiger partial charge is 0.344 e. The zero-order chi connectivity index (χ0) is 26.4. The van der Waals surface area contributed by atoms with Gasteiger partial charge in [-0.1, -0.05) is 68.1 Å². The number of carbonyl (C=O) groups excluding carboxylic acids is 1. The van der Waals surface area contributed by atoms with E-state index in [0.717, 1.165) is 44.2 Å². The SMILES string of the molecule is CN(CCc1ccccc1)c1ncc(C(=O)NS(=O)(=O)c2ccccc2[N+](=O)[O-])c(CC2CCCC2)n1. The van der Waals surface area contributed by atoms with Crippen LogP contribution in [-0.4, -0.2) is 42.8 Å². The van der Waals surface area contributed by atoms with Crippen molar-refractivity contribution < 1.29 is 18.1 Å². The van der Waals surface area contributed by atoms with Crippen molar-refractivity contribution in [2.24, 2.45) is 5.92 Å². The lowest BCUT2D eigenvalue weighted by molar-refractivity contribution is -0.387. The predicted molar refractivity (Wildman–Crippen MR) is 139 cm³/mol. The molecule has 3 aromatic rings. The van der Waals surface area contributed by atoms with Gasteiger partial charge >= 0.3 is 0 Å². The highest BCUT2D eigenvalue weighted by Crippen LogP contribution is 2.29. The quantitative estimate of drug-likeness (QED) is 0.312. The molecule has 37 heavy (non-hydrogen) atoms. The molecule has 1 heterocycles. The lowest BCUT2D eigenvalue weighted by Crippen LogP contribution is -2.33. The number of sulfonamides is 1. The number of hydrogen-bond donors (Lipinski definition) is 1. The molecule has 4 rings (SSSR count). The second-order valence-electron chi connectivity index (χ2n) is 9.20. The number of hydrogen-bond acceptors (Lipinski definition) is 8. The number of aromatic nitrogens is 2. The van der Waals surface area contributed by atoms with E-state index in [1.807, 2.05) is 47.0 Å². The van der Waals surface area contributed by atoms with E-state index in [1.54, 1.807) is 0 Å². The first-order chi connectivity index (χ1) is 17.7. The summed E-state index contributed by atoms with van der Waals surface area (Å²) in [6.45, 7) is 0.657. The maximum absolute atomic E-state index is 13.1. The summed E-state index contributed by atoms with van der Waals surface area (Å²) < 4.78 is 27.8. The van der Waals surface area contributed by atoms with E-state index in [-0.39, 0.29) is 5.56 Å². The van der Waals surface area contributed by atoms with E-state index in [9.17, 15) is 23.3 Å². The molecule has 2 aromatic carbocycles. The highest BCUT2D eigenvalue weighted by atomic mass is 32.2. The molecule has 194 valence electrons. The van der Waals surface area contributed by atoms with Gasteiger partial charge in [-0.2, -0.15) is 0 Å². The second-order valence-corrected chi connectivity index (χ2v) is 10.9. The fraction of sp³-hybridized carbons (Fsp3) is 0.346. The fourth-order valence-corrected chi connectivity index (χ4v) is 5.67. The number of likely N-dealkylation sites (N-methyl/N-ethyl adjacent to an activating group) is 1. The molecule has 1 amide bonds. The van der Waals surface area contributed by atoms with Crippen molar-refractivity contribution in [1.82, 2.24) is 14.7 Å².